The molecule has 1 aromatic heterocycles. The topological polar surface area (TPSA) is 124 Å². The van der Waals surface area contributed by atoms with Gasteiger partial charge in [0.1, 0.15) is 12.4 Å². The van der Waals surface area contributed by atoms with E-state index in [0.717, 1.165) is 33.8 Å². The summed E-state index contributed by atoms with van der Waals surface area (Å²) < 4.78 is 87.3. The molecule has 0 unspecified atom stereocenters. The lowest BCUT2D eigenvalue weighted by atomic mass is 9.81. The summed E-state index contributed by atoms with van der Waals surface area (Å²) in [4.78, 5) is 42.8. The van der Waals surface area contributed by atoms with Gasteiger partial charge >= 0.3 is 24.3 Å². The molecule has 3 aromatic rings. The van der Waals surface area contributed by atoms with Crippen LogP contribution in [0.15, 0.2) is 67.4 Å². The number of nitrogens with one attached hydrogen (secondary N) is 3. The maximum Gasteiger partial charge on any atom is 0.419 e. The Kier molecular flexibility index (Phi) is 15.7. The van der Waals surface area contributed by atoms with Gasteiger partial charge in [-0.1, -0.05) is 34.7 Å². The first-order chi connectivity index (χ1) is 24.1. The van der Waals surface area contributed by atoms with Gasteiger partial charge in [0.25, 0.3) is 5.91 Å². The van der Waals surface area contributed by atoms with Crippen molar-refractivity contribution in [3.63, 3.8) is 0 Å². The zero-order valence-electron chi connectivity index (χ0n) is 27.6. The van der Waals surface area contributed by atoms with E-state index in [4.69, 9.17) is 4.74 Å². The first kappa shape index (κ1) is 41.7. The van der Waals surface area contributed by atoms with E-state index in [2.05, 4.69) is 48.2 Å². The SMILES string of the molecule is C=CC(F)(F)Oc1ccc(NC(=O)Nc2cn(Cc3ccc(C(F)(F)F)cc3)c(C(=O)NCCOC(=O)CC(C)(CCI=C)CCI=C)n2)cc1. The van der Waals surface area contributed by atoms with Crippen molar-refractivity contribution in [3.05, 3.63) is 84.3 Å². The molecule has 1 heterocycles. The van der Waals surface area contributed by atoms with E-state index in [1.165, 1.54) is 47.2 Å². The Morgan fingerprint density at radius 3 is 2.14 bits per heavy atom. The van der Waals surface area contributed by atoms with Crippen LogP contribution in [0.3, 0.4) is 0 Å². The van der Waals surface area contributed by atoms with Crippen molar-refractivity contribution < 1.29 is 45.8 Å². The summed E-state index contributed by atoms with van der Waals surface area (Å²) in [6.07, 6.45) is -4.44. The highest BCUT2D eigenvalue weighted by Gasteiger charge is 2.30. The molecule has 3 N–H and O–H groups in total. The number of alkyl halides is 7. The molecule has 3 amide bonds. The average molecular weight is 946 g/mol. The molecule has 51 heavy (non-hydrogen) atoms. The van der Waals surface area contributed by atoms with Crippen LogP contribution in [0.2, 0.25) is 0 Å². The molecule has 0 aliphatic rings. The summed E-state index contributed by atoms with van der Waals surface area (Å²) in [6, 6.07) is 8.60. The summed E-state index contributed by atoms with van der Waals surface area (Å²) in [5.74, 6) is -1.50. The number of hydrogen-bond donors (Lipinski definition) is 3. The second kappa shape index (κ2) is 19.2. The van der Waals surface area contributed by atoms with E-state index in [1.807, 2.05) is 0 Å². The number of hydrogen-bond acceptors (Lipinski definition) is 6. The van der Waals surface area contributed by atoms with Crippen LogP contribution in [0.25, 0.3) is 0 Å². The predicted molar refractivity (Wildman–Crippen MR) is 205 cm³/mol. The van der Waals surface area contributed by atoms with Gasteiger partial charge in [-0.3, -0.25) is 14.9 Å². The highest BCUT2D eigenvalue weighted by atomic mass is 127. The number of ether oxygens (including phenoxy) is 2. The van der Waals surface area contributed by atoms with Gasteiger partial charge in [-0.25, -0.2) is 9.78 Å². The molecule has 0 aliphatic heterocycles. The fourth-order valence-corrected chi connectivity index (χ4v) is 7.92. The van der Waals surface area contributed by atoms with Crippen LogP contribution in [0, 0.1) is 5.41 Å². The van der Waals surface area contributed by atoms with Crippen LogP contribution < -0.4 is 20.7 Å². The Bertz CT molecular complexity index is 1670. The third-order valence-electron chi connectivity index (χ3n) is 7.34. The molecule has 3 rings (SSSR count). The number of aromatic nitrogens is 2. The van der Waals surface area contributed by atoms with E-state index in [1.54, 1.807) is 0 Å². The molecule has 0 bridgehead atoms. The lowest BCUT2D eigenvalue weighted by Crippen LogP contribution is -2.31. The van der Waals surface area contributed by atoms with Crippen LogP contribution >= 0.6 is 41.5 Å². The number of urea groups is 1. The molecule has 17 heteroatoms. The van der Waals surface area contributed by atoms with Crippen LogP contribution in [0.5, 0.6) is 5.75 Å². The number of carbonyl (C=O) groups is 3. The first-order valence-electron chi connectivity index (χ1n) is 15.3. The molecule has 0 radical (unpaired) electrons. The van der Waals surface area contributed by atoms with Gasteiger partial charge in [0.15, 0.2) is 5.82 Å². The largest absolute Gasteiger partial charge is 0.464 e. The van der Waals surface area contributed by atoms with E-state index in [-0.39, 0.29) is 102 Å². The Balaban J connectivity index is 1.68. The fraction of sp³-hybridized carbons (Fsp3) is 0.353. The summed E-state index contributed by atoms with van der Waals surface area (Å²) in [6.45, 7) is 4.83. The number of nitrogens with zero attached hydrogens (tertiary/aromatic N) is 2. The molecule has 0 saturated heterocycles. The second-order valence-electron chi connectivity index (χ2n) is 11.5. The number of rotatable bonds is 19. The zero-order valence-corrected chi connectivity index (χ0v) is 31.9. The molecule has 2 aromatic carbocycles. The third kappa shape index (κ3) is 14.1. The summed E-state index contributed by atoms with van der Waals surface area (Å²) >= 11 is -0.312. The first-order valence-corrected chi connectivity index (χ1v) is 21.4. The smallest absolute Gasteiger partial charge is 0.419 e. The molecule has 0 spiro atoms. The quantitative estimate of drug-likeness (QED) is 0.0280. The Morgan fingerprint density at radius 1 is 0.941 bits per heavy atom. The molecular weight excluding hydrogens is 907 g/mol. The van der Waals surface area contributed by atoms with E-state index in [9.17, 15) is 36.3 Å². The summed E-state index contributed by atoms with van der Waals surface area (Å²) in [5, 5.41) is 7.58. The van der Waals surface area contributed by atoms with E-state index < -0.39 is 29.8 Å². The Hall–Kier alpha value is -3.75. The molecule has 0 atom stereocenters. The van der Waals surface area contributed by atoms with Crippen molar-refractivity contribution in [3.8, 4) is 5.75 Å². The average Bonchev–Trinajstić information content (AvgIpc) is 3.47. The summed E-state index contributed by atoms with van der Waals surface area (Å²) in [7, 11) is 0. The number of anilines is 2. The second-order valence-corrected chi connectivity index (χ2v) is 15.8. The van der Waals surface area contributed by atoms with Crippen molar-refractivity contribution >= 4 is 79.9 Å². The molecule has 0 aliphatic carbocycles. The predicted octanol–water partition coefficient (Wildman–Crippen LogP) is 8.01. The number of imidazole rings is 1. The minimum atomic E-state index is -4.53. The van der Waals surface area contributed by atoms with Gasteiger partial charge < -0.3 is 24.7 Å². The molecular formula is C34H38F5I2N5O5. The Labute approximate surface area is 312 Å². The molecule has 10 nitrogen and oxygen atoms in total. The maximum atomic E-state index is 13.4. The van der Waals surface area contributed by atoms with Gasteiger partial charge in [-0.15, -0.1) is 41.5 Å². The van der Waals surface area contributed by atoms with Crippen molar-refractivity contribution in [2.45, 2.75) is 45.0 Å². The minimum absolute atomic E-state index is 0.0508. The standard InChI is InChI=1S/C34H38F5I2N5O5/c1-5-33(35,36)51-26-12-10-25(11-13-26)43-31(49)45-27-22-46(21-23-6-8-24(9-7-23)34(37,38)39)29(44-27)30(48)42-18-19-50-28(47)20-32(2,14-16-40-3)15-17-41-4/h5-13,22H,1,3-4,14-21H2,2H3,(H,42,48)(H2,43,45,49). The number of carbonyl (C=O) groups excluding carboxylic acids is 3. The van der Waals surface area contributed by atoms with E-state index in [0.29, 0.717) is 11.6 Å². The lowest BCUT2D eigenvalue weighted by molar-refractivity contribution is -0.146. The number of benzene rings is 2. The number of esters is 1. The van der Waals surface area contributed by atoms with Gasteiger partial charge in [-0.05, 0) is 69.1 Å². The third-order valence-corrected chi connectivity index (χ3v) is 9.95. The van der Waals surface area contributed by atoms with Crippen LogP contribution in [0.1, 0.15) is 47.9 Å². The highest BCUT2D eigenvalue weighted by Crippen LogP contribution is 2.33. The van der Waals surface area contributed by atoms with Gasteiger partial charge in [0.2, 0.25) is 5.82 Å². The van der Waals surface area contributed by atoms with Gasteiger partial charge in [-0.2, -0.15) is 22.0 Å². The minimum Gasteiger partial charge on any atom is -0.464 e. The van der Waals surface area contributed by atoms with Crippen molar-refractivity contribution in [2.75, 3.05) is 32.6 Å². The zero-order chi connectivity index (χ0) is 37.7. The number of halogens is 7. The monoisotopic (exact) mass is 945 g/mol. The molecule has 278 valence electrons. The van der Waals surface area contributed by atoms with Crippen LogP contribution in [-0.4, -0.2) is 64.6 Å². The van der Waals surface area contributed by atoms with Crippen LogP contribution in [0.4, 0.5) is 38.3 Å². The Morgan fingerprint density at radius 2 is 1.57 bits per heavy atom. The lowest BCUT2D eigenvalue weighted by Gasteiger charge is -2.27. The number of amides is 3. The van der Waals surface area contributed by atoms with Crippen molar-refractivity contribution in [1.82, 2.24) is 14.9 Å². The highest BCUT2D eigenvalue weighted by molar-refractivity contribution is 14.2. The molecule has 0 saturated carbocycles. The molecule has 0 fully saturated rings. The summed E-state index contributed by atoms with van der Waals surface area (Å²) in [5.41, 5.74) is -0.417. The fourth-order valence-electron chi connectivity index (χ4n) is 4.56. The van der Waals surface area contributed by atoms with Gasteiger partial charge in [0, 0.05) is 24.5 Å². The van der Waals surface area contributed by atoms with Crippen molar-refractivity contribution in [2.24, 2.45) is 5.41 Å². The maximum absolute atomic E-state index is 13.4. The van der Waals surface area contributed by atoms with Crippen molar-refractivity contribution in [1.29, 1.82) is 0 Å². The normalized spacial score (nSPS) is 11.8. The van der Waals surface area contributed by atoms with Gasteiger partial charge in [0.05, 0.1) is 18.5 Å². The van der Waals surface area contributed by atoms with E-state index >= 15 is 0 Å². The van der Waals surface area contributed by atoms with Crippen LogP contribution in [-0.2, 0) is 22.3 Å².